The molecule has 2 rings (SSSR count). The second-order valence-corrected chi connectivity index (χ2v) is 6.49. The summed E-state index contributed by atoms with van der Waals surface area (Å²) in [5, 5.41) is 0. The van der Waals surface area contributed by atoms with Crippen molar-refractivity contribution in [2.45, 2.75) is 37.2 Å². The number of nitrogens with zero attached hydrogens (tertiary/aromatic N) is 1. The van der Waals surface area contributed by atoms with E-state index in [-0.39, 0.29) is 10.9 Å². The van der Waals surface area contributed by atoms with Crippen LogP contribution in [0.5, 0.6) is 5.75 Å². The standard InChI is InChI=1S/C13H20N2O3S/c1-3-15(11-5-6-11)19(16,17)13-7-4-10(9-14)8-12(13)18-2/h4,7-8,11H,3,5-6,9,14H2,1-2H3. The maximum absolute atomic E-state index is 12.6. The number of hydrogen-bond donors (Lipinski definition) is 1. The topological polar surface area (TPSA) is 72.6 Å². The van der Waals surface area contributed by atoms with Crippen molar-refractivity contribution < 1.29 is 13.2 Å². The summed E-state index contributed by atoms with van der Waals surface area (Å²) in [5.41, 5.74) is 6.41. The molecule has 1 fully saturated rings. The van der Waals surface area contributed by atoms with Crippen LogP contribution in [0.15, 0.2) is 23.1 Å². The molecule has 0 atom stereocenters. The fraction of sp³-hybridized carbons (Fsp3) is 0.538. The fourth-order valence-electron chi connectivity index (χ4n) is 2.17. The average Bonchev–Trinajstić information content (AvgIpc) is 3.23. The summed E-state index contributed by atoms with van der Waals surface area (Å²) in [6, 6.07) is 5.15. The van der Waals surface area contributed by atoms with E-state index in [4.69, 9.17) is 10.5 Å². The highest BCUT2D eigenvalue weighted by atomic mass is 32.2. The molecule has 0 bridgehead atoms. The molecule has 0 radical (unpaired) electrons. The van der Waals surface area contributed by atoms with Gasteiger partial charge in [0, 0.05) is 19.1 Å². The Balaban J connectivity index is 2.44. The van der Waals surface area contributed by atoms with Gasteiger partial charge in [-0.15, -0.1) is 0 Å². The molecule has 0 saturated heterocycles. The van der Waals surface area contributed by atoms with Crippen LogP contribution in [0.1, 0.15) is 25.3 Å². The lowest BCUT2D eigenvalue weighted by Gasteiger charge is -2.21. The number of rotatable bonds is 6. The highest BCUT2D eigenvalue weighted by Gasteiger charge is 2.38. The number of hydrogen-bond acceptors (Lipinski definition) is 4. The molecule has 0 spiro atoms. The summed E-state index contributed by atoms with van der Waals surface area (Å²) >= 11 is 0. The Bertz CT molecular complexity index is 553. The van der Waals surface area contributed by atoms with Crippen molar-refractivity contribution in [3.05, 3.63) is 23.8 Å². The summed E-state index contributed by atoms with van der Waals surface area (Å²) in [5.74, 6) is 0.363. The van der Waals surface area contributed by atoms with Crippen LogP contribution in [0.2, 0.25) is 0 Å². The summed E-state index contributed by atoms with van der Waals surface area (Å²) in [6.07, 6.45) is 1.88. The molecule has 106 valence electrons. The third kappa shape index (κ3) is 2.75. The third-order valence-corrected chi connectivity index (χ3v) is 5.38. The Morgan fingerprint density at radius 1 is 1.42 bits per heavy atom. The summed E-state index contributed by atoms with van der Waals surface area (Å²) in [7, 11) is -2.01. The highest BCUT2D eigenvalue weighted by Crippen LogP contribution is 2.35. The van der Waals surface area contributed by atoms with Crippen molar-refractivity contribution in [2.75, 3.05) is 13.7 Å². The molecule has 6 heteroatoms. The highest BCUT2D eigenvalue weighted by molar-refractivity contribution is 7.89. The molecule has 0 aromatic heterocycles. The van der Waals surface area contributed by atoms with Gasteiger partial charge in [0.2, 0.25) is 10.0 Å². The minimum absolute atomic E-state index is 0.147. The van der Waals surface area contributed by atoms with Gasteiger partial charge in [-0.3, -0.25) is 0 Å². The van der Waals surface area contributed by atoms with Gasteiger partial charge in [0.25, 0.3) is 0 Å². The lowest BCUT2D eigenvalue weighted by molar-refractivity contribution is 0.390. The lowest BCUT2D eigenvalue weighted by atomic mass is 10.2. The largest absolute Gasteiger partial charge is 0.495 e. The van der Waals surface area contributed by atoms with E-state index in [9.17, 15) is 8.42 Å². The minimum atomic E-state index is -3.49. The monoisotopic (exact) mass is 284 g/mol. The molecule has 1 aromatic rings. The molecule has 0 aliphatic heterocycles. The van der Waals surface area contributed by atoms with E-state index in [0.29, 0.717) is 18.8 Å². The van der Waals surface area contributed by atoms with Gasteiger partial charge in [-0.1, -0.05) is 13.0 Å². The summed E-state index contributed by atoms with van der Waals surface area (Å²) in [6.45, 7) is 2.70. The van der Waals surface area contributed by atoms with Gasteiger partial charge < -0.3 is 10.5 Å². The van der Waals surface area contributed by atoms with Crippen molar-refractivity contribution in [3.8, 4) is 5.75 Å². The lowest BCUT2D eigenvalue weighted by Crippen LogP contribution is -2.33. The first-order chi connectivity index (χ1) is 9.04. The van der Waals surface area contributed by atoms with Crippen LogP contribution in [0, 0.1) is 0 Å². The average molecular weight is 284 g/mol. The smallest absolute Gasteiger partial charge is 0.246 e. The molecule has 0 unspecified atom stereocenters. The Kier molecular flexibility index (Phi) is 4.13. The van der Waals surface area contributed by atoms with E-state index in [1.54, 1.807) is 22.5 Å². The van der Waals surface area contributed by atoms with Crippen LogP contribution in [0.3, 0.4) is 0 Å². The van der Waals surface area contributed by atoms with Gasteiger partial charge in [-0.25, -0.2) is 8.42 Å². The predicted octanol–water partition coefficient (Wildman–Crippen LogP) is 1.33. The molecule has 1 saturated carbocycles. The molecule has 1 aromatic carbocycles. The van der Waals surface area contributed by atoms with Gasteiger partial charge in [0.05, 0.1) is 7.11 Å². The number of methoxy groups -OCH3 is 1. The summed E-state index contributed by atoms with van der Waals surface area (Å²) < 4.78 is 32.0. The molecular weight excluding hydrogens is 264 g/mol. The molecule has 0 amide bonds. The molecule has 5 nitrogen and oxygen atoms in total. The van der Waals surface area contributed by atoms with Crippen LogP contribution in [0.4, 0.5) is 0 Å². The summed E-state index contributed by atoms with van der Waals surface area (Å²) in [4.78, 5) is 0.223. The van der Waals surface area contributed by atoms with Crippen LogP contribution >= 0.6 is 0 Å². The van der Waals surface area contributed by atoms with E-state index in [1.165, 1.54) is 7.11 Å². The van der Waals surface area contributed by atoms with Gasteiger partial charge in [0.15, 0.2) is 0 Å². The van der Waals surface area contributed by atoms with Crippen LogP contribution in [-0.4, -0.2) is 32.4 Å². The van der Waals surface area contributed by atoms with Gasteiger partial charge >= 0.3 is 0 Å². The fourth-order valence-corrected chi connectivity index (χ4v) is 4.00. The van der Waals surface area contributed by atoms with E-state index >= 15 is 0 Å². The Morgan fingerprint density at radius 2 is 2.11 bits per heavy atom. The number of benzene rings is 1. The normalized spacial score (nSPS) is 15.8. The first-order valence-corrected chi connectivity index (χ1v) is 7.87. The molecule has 19 heavy (non-hydrogen) atoms. The van der Waals surface area contributed by atoms with Crippen LogP contribution in [0.25, 0.3) is 0 Å². The van der Waals surface area contributed by atoms with Crippen LogP contribution < -0.4 is 10.5 Å². The Labute approximate surface area is 114 Å². The first-order valence-electron chi connectivity index (χ1n) is 6.43. The SMILES string of the molecule is CCN(C1CC1)S(=O)(=O)c1ccc(CN)cc1OC. The number of ether oxygens (including phenoxy) is 1. The quantitative estimate of drug-likeness (QED) is 0.855. The van der Waals surface area contributed by atoms with Crippen molar-refractivity contribution in [2.24, 2.45) is 5.73 Å². The van der Waals surface area contributed by atoms with Crippen molar-refractivity contribution >= 4 is 10.0 Å². The molecule has 2 N–H and O–H groups in total. The second-order valence-electron chi connectivity index (χ2n) is 4.63. The van der Waals surface area contributed by atoms with Gasteiger partial charge in [-0.05, 0) is 30.5 Å². The zero-order chi connectivity index (χ0) is 14.0. The Morgan fingerprint density at radius 3 is 2.58 bits per heavy atom. The number of sulfonamides is 1. The third-order valence-electron chi connectivity index (χ3n) is 3.32. The van der Waals surface area contributed by atoms with Crippen molar-refractivity contribution in [3.63, 3.8) is 0 Å². The zero-order valence-corrected chi connectivity index (χ0v) is 12.1. The van der Waals surface area contributed by atoms with Crippen molar-refractivity contribution in [1.82, 2.24) is 4.31 Å². The second kappa shape index (κ2) is 5.48. The van der Waals surface area contributed by atoms with Gasteiger partial charge in [-0.2, -0.15) is 4.31 Å². The number of nitrogens with two attached hydrogens (primary N) is 1. The van der Waals surface area contributed by atoms with E-state index in [0.717, 1.165) is 18.4 Å². The maximum Gasteiger partial charge on any atom is 0.246 e. The predicted molar refractivity (Wildman–Crippen MR) is 73.5 cm³/mol. The van der Waals surface area contributed by atoms with E-state index in [2.05, 4.69) is 0 Å². The first kappa shape index (κ1) is 14.3. The maximum atomic E-state index is 12.6. The molecule has 1 aliphatic rings. The zero-order valence-electron chi connectivity index (χ0n) is 11.3. The minimum Gasteiger partial charge on any atom is -0.495 e. The molecule has 1 aliphatic carbocycles. The molecular formula is C13H20N2O3S. The van der Waals surface area contributed by atoms with Crippen LogP contribution in [-0.2, 0) is 16.6 Å². The molecule has 0 heterocycles. The Hall–Kier alpha value is -1.11. The van der Waals surface area contributed by atoms with E-state index in [1.807, 2.05) is 6.92 Å². The van der Waals surface area contributed by atoms with E-state index < -0.39 is 10.0 Å². The van der Waals surface area contributed by atoms with Gasteiger partial charge in [0.1, 0.15) is 10.6 Å². The van der Waals surface area contributed by atoms with Crippen molar-refractivity contribution in [1.29, 1.82) is 0 Å².